The topological polar surface area (TPSA) is 88.0 Å². The summed E-state index contributed by atoms with van der Waals surface area (Å²) in [5.74, 6) is -0.289. The Morgan fingerprint density at radius 1 is 1.25 bits per heavy atom. The number of carbonyl (C=O) groups excluding carboxylic acids is 1. The molecule has 1 heterocycles. The predicted molar refractivity (Wildman–Crippen MR) is 77.5 cm³/mol. The molecule has 2 aromatic rings. The van der Waals surface area contributed by atoms with Crippen LogP contribution in [0.15, 0.2) is 53.5 Å². The SMILES string of the molecule is NCC(Cc1ccccc1)NC(=O)c1cc[nH]c(=O)c1. The number of amides is 1. The number of benzene rings is 1. The minimum absolute atomic E-state index is 0.163. The Morgan fingerprint density at radius 3 is 2.65 bits per heavy atom. The maximum Gasteiger partial charge on any atom is 0.251 e. The van der Waals surface area contributed by atoms with Gasteiger partial charge in [0.25, 0.3) is 5.91 Å². The van der Waals surface area contributed by atoms with Gasteiger partial charge in [0.15, 0.2) is 0 Å². The van der Waals surface area contributed by atoms with Crippen LogP contribution in [0.3, 0.4) is 0 Å². The minimum atomic E-state index is -0.301. The van der Waals surface area contributed by atoms with E-state index in [0.29, 0.717) is 18.5 Å². The molecule has 5 heteroatoms. The lowest BCUT2D eigenvalue weighted by molar-refractivity contribution is 0.0938. The average Bonchev–Trinajstić information content (AvgIpc) is 2.47. The molecule has 1 atom stereocenters. The lowest BCUT2D eigenvalue weighted by Crippen LogP contribution is -2.41. The predicted octanol–water partition coefficient (Wildman–Crippen LogP) is 0.675. The van der Waals surface area contributed by atoms with E-state index in [1.54, 1.807) is 6.07 Å². The van der Waals surface area contributed by atoms with E-state index in [0.717, 1.165) is 5.56 Å². The quantitative estimate of drug-likeness (QED) is 0.747. The van der Waals surface area contributed by atoms with Crippen molar-refractivity contribution in [3.8, 4) is 0 Å². The number of aromatic amines is 1. The van der Waals surface area contributed by atoms with Crippen LogP contribution in [-0.2, 0) is 6.42 Å². The molecule has 4 N–H and O–H groups in total. The summed E-state index contributed by atoms with van der Waals surface area (Å²) in [5.41, 5.74) is 6.83. The molecule has 104 valence electrons. The zero-order valence-corrected chi connectivity index (χ0v) is 11.0. The summed E-state index contributed by atoms with van der Waals surface area (Å²) < 4.78 is 0. The van der Waals surface area contributed by atoms with Crippen molar-refractivity contribution < 1.29 is 4.79 Å². The fourth-order valence-corrected chi connectivity index (χ4v) is 1.95. The van der Waals surface area contributed by atoms with E-state index in [9.17, 15) is 9.59 Å². The van der Waals surface area contributed by atoms with Gasteiger partial charge >= 0.3 is 0 Å². The number of pyridine rings is 1. The molecule has 0 spiro atoms. The molecule has 0 aliphatic rings. The van der Waals surface area contributed by atoms with Gasteiger partial charge in [-0.3, -0.25) is 9.59 Å². The first-order valence-corrected chi connectivity index (χ1v) is 6.42. The zero-order valence-electron chi connectivity index (χ0n) is 11.0. The third-order valence-electron chi connectivity index (χ3n) is 2.98. The molecule has 0 aliphatic heterocycles. The summed E-state index contributed by atoms with van der Waals surface area (Å²) >= 11 is 0. The highest BCUT2D eigenvalue weighted by molar-refractivity contribution is 5.94. The monoisotopic (exact) mass is 271 g/mol. The Balaban J connectivity index is 2.03. The highest BCUT2D eigenvalue weighted by atomic mass is 16.2. The normalized spacial score (nSPS) is 11.8. The second-order valence-electron chi connectivity index (χ2n) is 4.54. The van der Waals surface area contributed by atoms with Crippen molar-refractivity contribution in [2.45, 2.75) is 12.5 Å². The van der Waals surface area contributed by atoms with Crippen molar-refractivity contribution in [3.05, 3.63) is 70.1 Å². The molecule has 0 saturated heterocycles. The van der Waals surface area contributed by atoms with Gasteiger partial charge in [-0.2, -0.15) is 0 Å². The van der Waals surface area contributed by atoms with E-state index in [1.807, 2.05) is 30.3 Å². The van der Waals surface area contributed by atoms with E-state index >= 15 is 0 Å². The number of nitrogens with two attached hydrogens (primary N) is 1. The van der Waals surface area contributed by atoms with Gasteiger partial charge in [0.05, 0.1) is 0 Å². The van der Waals surface area contributed by atoms with Crippen LogP contribution in [-0.4, -0.2) is 23.5 Å². The van der Waals surface area contributed by atoms with E-state index in [1.165, 1.54) is 12.3 Å². The van der Waals surface area contributed by atoms with Crippen molar-refractivity contribution in [2.24, 2.45) is 5.73 Å². The number of hydrogen-bond donors (Lipinski definition) is 3. The first kappa shape index (κ1) is 14.0. The first-order valence-electron chi connectivity index (χ1n) is 6.42. The lowest BCUT2D eigenvalue weighted by atomic mass is 10.1. The van der Waals surface area contributed by atoms with Gasteiger partial charge < -0.3 is 16.0 Å². The van der Waals surface area contributed by atoms with Crippen LogP contribution < -0.4 is 16.6 Å². The zero-order chi connectivity index (χ0) is 14.4. The van der Waals surface area contributed by atoms with Gasteiger partial charge in [-0.1, -0.05) is 30.3 Å². The van der Waals surface area contributed by atoms with Crippen molar-refractivity contribution in [3.63, 3.8) is 0 Å². The Hall–Kier alpha value is -2.40. The summed E-state index contributed by atoms with van der Waals surface area (Å²) in [5, 5.41) is 2.84. The number of nitrogens with one attached hydrogen (secondary N) is 2. The van der Waals surface area contributed by atoms with Gasteiger partial charge in [0.1, 0.15) is 0 Å². The Bertz CT molecular complexity index is 622. The second-order valence-corrected chi connectivity index (χ2v) is 4.54. The lowest BCUT2D eigenvalue weighted by Gasteiger charge is -2.16. The van der Waals surface area contributed by atoms with Crippen molar-refractivity contribution in [2.75, 3.05) is 6.54 Å². The highest BCUT2D eigenvalue weighted by Crippen LogP contribution is 2.03. The molecule has 0 bridgehead atoms. The molecule has 1 aromatic heterocycles. The summed E-state index contributed by atoms with van der Waals surface area (Å²) in [6.07, 6.45) is 2.11. The van der Waals surface area contributed by atoms with Gasteiger partial charge in [-0.15, -0.1) is 0 Å². The minimum Gasteiger partial charge on any atom is -0.348 e. The standard InChI is InChI=1S/C15H17N3O2/c16-10-13(8-11-4-2-1-3-5-11)18-15(20)12-6-7-17-14(19)9-12/h1-7,9,13H,8,10,16H2,(H,17,19)(H,18,20). The molecule has 1 aromatic carbocycles. The third-order valence-corrected chi connectivity index (χ3v) is 2.98. The van der Waals surface area contributed by atoms with E-state index in [2.05, 4.69) is 10.3 Å². The van der Waals surface area contributed by atoms with Crippen LogP contribution in [0.2, 0.25) is 0 Å². The molecule has 0 fully saturated rings. The van der Waals surface area contributed by atoms with Crippen LogP contribution in [0.4, 0.5) is 0 Å². The molecule has 5 nitrogen and oxygen atoms in total. The summed E-state index contributed by atoms with van der Waals surface area (Å²) in [7, 11) is 0. The highest BCUT2D eigenvalue weighted by Gasteiger charge is 2.13. The van der Waals surface area contributed by atoms with Crippen LogP contribution in [0.5, 0.6) is 0 Å². The maximum atomic E-state index is 12.0. The fourth-order valence-electron chi connectivity index (χ4n) is 1.95. The molecular weight excluding hydrogens is 254 g/mol. The molecule has 2 rings (SSSR count). The Labute approximate surface area is 116 Å². The summed E-state index contributed by atoms with van der Waals surface area (Å²) in [6, 6.07) is 12.5. The number of hydrogen-bond acceptors (Lipinski definition) is 3. The maximum absolute atomic E-state index is 12.0. The van der Waals surface area contributed by atoms with Crippen LogP contribution in [0, 0.1) is 0 Å². The smallest absolute Gasteiger partial charge is 0.251 e. The largest absolute Gasteiger partial charge is 0.348 e. The third kappa shape index (κ3) is 3.80. The van der Waals surface area contributed by atoms with Crippen molar-refractivity contribution in [1.82, 2.24) is 10.3 Å². The summed E-state index contributed by atoms with van der Waals surface area (Å²) in [4.78, 5) is 25.7. The fraction of sp³-hybridized carbons (Fsp3) is 0.200. The number of carbonyl (C=O) groups is 1. The molecule has 20 heavy (non-hydrogen) atoms. The number of H-pyrrole nitrogens is 1. The van der Waals surface area contributed by atoms with Crippen LogP contribution >= 0.6 is 0 Å². The first-order chi connectivity index (χ1) is 9.69. The van der Waals surface area contributed by atoms with Gasteiger partial charge in [0.2, 0.25) is 5.56 Å². The van der Waals surface area contributed by atoms with Gasteiger partial charge in [-0.25, -0.2) is 0 Å². The second kappa shape index (κ2) is 6.68. The van der Waals surface area contributed by atoms with E-state index in [4.69, 9.17) is 5.73 Å². The van der Waals surface area contributed by atoms with Crippen molar-refractivity contribution in [1.29, 1.82) is 0 Å². The Kier molecular flexibility index (Phi) is 4.68. The van der Waals surface area contributed by atoms with Crippen LogP contribution in [0.1, 0.15) is 15.9 Å². The van der Waals surface area contributed by atoms with Crippen molar-refractivity contribution >= 4 is 5.91 Å². The van der Waals surface area contributed by atoms with E-state index < -0.39 is 0 Å². The average molecular weight is 271 g/mol. The molecule has 0 saturated carbocycles. The van der Waals surface area contributed by atoms with Gasteiger partial charge in [0, 0.05) is 30.4 Å². The molecule has 0 radical (unpaired) electrons. The molecule has 1 unspecified atom stereocenters. The van der Waals surface area contributed by atoms with Gasteiger partial charge in [-0.05, 0) is 18.1 Å². The molecule has 0 aliphatic carbocycles. The number of rotatable bonds is 5. The molecular formula is C15H17N3O2. The summed E-state index contributed by atoms with van der Waals surface area (Å²) in [6.45, 7) is 0.337. The molecule has 1 amide bonds. The Morgan fingerprint density at radius 2 is 2.00 bits per heavy atom. The van der Waals surface area contributed by atoms with Crippen LogP contribution in [0.25, 0.3) is 0 Å². The number of aromatic nitrogens is 1. The van der Waals surface area contributed by atoms with E-state index in [-0.39, 0.29) is 17.5 Å².